The van der Waals surface area contributed by atoms with Gasteiger partial charge >= 0.3 is 0 Å². The Morgan fingerprint density at radius 3 is 2.43 bits per heavy atom. The van der Waals surface area contributed by atoms with E-state index in [0.29, 0.717) is 6.54 Å². The molecule has 0 bridgehead atoms. The predicted molar refractivity (Wildman–Crippen MR) is 92.6 cm³/mol. The van der Waals surface area contributed by atoms with E-state index in [1.165, 1.54) is 11.3 Å². The van der Waals surface area contributed by atoms with Gasteiger partial charge in [-0.2, -0.15) is 5.10 Å². The molecule has 0 aliphatic carbocycles. The van der Waals surface area contributed by atoms with Crippen molar-refractivity contribution in [2.24, 2.45) is 0 Å². The maximum Gasteiger partial charge on any atom is 0.237 e. The molecule has 0 radical (unpaired) electrons. The quantitative estimate of drug-likeness (QED) is 0.793. The zero-order chi connectivity index (χ0) is 17.0. The monoisotopic (exact) mass is 321 g/mol. The Balaban J connectivity index is 1.71. The molecule has 1 aliphatic heterocycles. The molecular weight excluding hydrogens is 290 g/mol. The number of carbonyl (C=O) groups excluding carboxylic acids is 1. The third kappa shape index (κ3) is 4.54. The average Bonchev–Trinajstić information content (AvgIpc) is 2.78. The summed E-state index contributed by atoms with van der Waals surface area (Å²) in [5.41, 5.74) is 3.58. The molecule has 0 spiro atoms. The molecule has 2 heterocycles. The number of hydrogen-bond acceptors (Lipinski definition) is 4. The van der Waals surface area contributed by atoms with Crippen molar-refractivity contribution in [3.05, 3.63) is 17.0 Å². The zero-order valence-corrected chi connectivity index (χ0v) is 15.2. The fourth-order valence-corrected chi connectivity index (χ4v) is 2.97. The van der Waals surface area contributed by atoms with Crippen LogP contribution in [0.4, 0.5) is 0 Å². The highest BCUT2D eigenvalue weighted by molar-refractivity contribution is 5.81. The van der Waals surface area contributed by atoms with E-state index in [9.17, 15) is 4.79 Å². The molecule has 1 N–H and O–H groups in total. The van der Waals surface area contributed by atoms with E-state index >= 15 is 0 Å². The summed E-state index contributed by atoms with van der Waals surface area (Å²) < 4.78 is 2.04. The lowest BCUT2D eigenvalue weighted by Gasteiger charge is -2.35. The molecule has 1 amide bonds. The molecule has 1 saturated heterocycles. The van der Waals surface area contributed by atoms with Gasteiger partial charge in [0.25, 0.3) is 0 Å². The molecule has 0 unspecified atom stereocenters. The average molecular weight is 321 g/mol. The lowest BCUT2D eigenvalue weighted by atomic mass is 10.2. The standard InChI is InChI=1S/C17H31N5O/c1-13-14(2)19-22(15(13)3)8-6-7-18-17(23)16(4)21-11-9-20(5)10-12-21/h16H,6-12H2,1-5H3,(H,18,23)/t16-/m1/s1. The van der Waals surface area contributed by atoms with E-state index in [-0.39, 0.29) is 11.9 Å². The lowest BCUT2D eigenvalue weighted by Crippen LogP contribution is -2.53. The van der Waals surface area contributed by atoms with Gasteiger partial charge in [0.15, 0.2) is 0 Å². The van der Waals surface area contributed by atoms with Crippen LogP contribution in [-0.4, -0.2) is 71.3 Å². The number of likely N-dealkylation sites (N-methyl/N-ethyl adjacent to an activating group) is 1. The number of piperazine rings is 1. The molecule has 1 aromatic heterocycles. The maximum atomic E-state index is 12.3. The van der Waals surface area contributed by atoms with Crippen molar-refractivity contribution in [2.75, 3.05) is 39.8 Å². The van der Waals surface area contributed by atoms with E-state index < -0.39 is 0 Å². The first-order valence-electron chi connectivity index (χ1n) is 8.61. The highest BCUT2D eigenvalue weighted by atomic mass is 16.2. The summed E-state index contributed by atoms with van der Waals surface area (Å²) in [6.45, 7) is 13.8. The highest BCUT2D eigenvalue weighted by Crippen LogP contribution is 2.11. The minimum Gasteiger partial charge on any atom is -0.355 e. The first-order valence-corrected chi connectivity index (χ1v) is 8.61. The van der Waals surface area contributed by atoms with Crippen molar-refractivity contribution < 1.29 is 4.79 Å². The Morgan fingerprint density at radius 2 is 1.87 bits per heavy atom. The maximum absolute atomic E-state index is 12.3. The van der Waals surface area contributed by atoms with Crippen molar-refractivity contribution in [3.63, 3.8) is 0 Å². The fraction of sp³-hybridized carbons (Fsp3) is 0.765. The van der Waals surface area contributed by atoms with Crippen molar-refractivity contribution >= 4 is 5.91 Å². The second kappa shape index (κ2) is 7.93. The Hall–Kier alpha value is -1.40. The normalized spacial score (nSPS) is 18.1. The summed E-state index contributed by atoms with van der Waals surface area (Å²) in [5, 5.41) is 7.60. The van der Waals surface area contributed by atoms with E-state index in [2.05, 4.69) is 41.1 Å². The molecule has 6 heteroatoms. The van der Waals surface area contributed by atoms with Gasteiger partial charge in [0.1, 0.15) is 0 Å². The minimum absolute atomic E-state index is 0.0420. The van der Waals surface area contributed by atoms with Crippen LogP contribution in [0.3, 0.4) is 0 Å². The van der Waals surface area contributed by atoms with Crippen LogP contribution in [0.25, 0.3) is 0 Å². The molecule has 6 nitrogen and oxygen atoms in total. The summed E-state index contributed by atoms with van der Waals surface area (Å²) in [4.78, 5) is 16.8. The summed E-state index contributed by atoms with van der Waals surface area (Å²) in [5.74, 6) is 0.138. The minimum atomic E-state index is -0.0420. The van der Waals surface area contributed by atoms with Gasteiger partial charge in [0.2, 0.25) is 5.91 Å². The summed E-state index contributed by atoms with van der Waals surface area (Å²) in [6, 6.07) is -0.0420. The molecule has 2 rings (SSSR count). The largest absolute Gasteiger partial charge is 0.355 e. The molecule has 130 valence electrons. The molecule has 1 aliphatic rings. The lowest BCUT2D eigenvalue weighted by molar-refractivity contribution is -0.126. The number of rotatable bonds is 6. The molecule has 1 atom stereocenters. The van der Waals surface area contributed by atoms with E-state index in [1.807, 2.05) is 18.5 Å². The van der Waals surface area contributed by atoms with Crippen LogP contribution in [0.2, 0.25) is 0 Å². The Labute approximate surface area is 139 Å². The van der Waals surface area contributed by atoms with Gasteiger partial charge in [-0.25, -0.2) is 0 Å². The molecule has 23 heavy (non-hydrogen) atoms. The van der Waals surface area contributed by atoms with Gasteiger partial charge in [-0.3, -0.25) is 14.4 Å². The van der Waals surface area contributed by atoms with Crippen molar-refractivity contribution in [1.29, 1.82) is 0 Å². The van der Waals surface area contributed by atoms with Gasteiger partial charge in [-0.15, -0.1) is 0 Å². The van der Waals surface area contributed by atoms with Crippen molar-refractivity contribution in [3.8, 4) is 0 Å². The van der Waals surface area contributed by atoms with Crippen LogP contribution in [0.15, 0.2) is 0 Å². The summed E-state index contributed by atoms with van der Waals surface area (Å²) >= 11 is 0. The third-order valence-corrected chi connectivity index (χ3v) is 5.05. The van der Waals surface area contributed by atoms with Gasteiger partial charge in [0, 0.05) is 45.0 Å². The third-order valence-electron chi connectivity index (χ3n) is 5.05. The highest BCUT2D eigenvalue weighted by Gasteiger charge is 2.23. The second-order valence-corrected chi connectivity index (χ2v) is 6.68. The van der Waals surface area contributed by atoms with Crippen LogP contribution < -0.4 is 5.32 Å². The predicted octanol–water partition coefficient (Wildman–Crippen LogP) is 0.951. The van der Waals surface area contributed by atoms with Crippen LogP contribution >= 0.6 is 0 Å². The van der Waals surface area contributed by atoms with Gasteiger partial charge in [-0.1, -0.05) is 0 Å². The first kappa shape index (κ1) is 17.9. The summed E-state index contributed by atoms with van der Waals surface area (Å²) in [7, 11) is 2.13. The summed E-state index contributed by atoms with van der Waals surface area (Å²) in [6.07, 6.45) is 0.905. The topological polar surface area (TPSA) is 53.4 Å². The van der Waals surface area contributed by atoms with Gasteiger partial charge in [-0.05, 0) is 46.7 Å². The van der Waals surface area contributed by atoms with E-state index in [0.717, 1.165) is 44.8 Å². The van der Waals surface area contributed by atoms with Crippen molar-refractivity contribution in [1.82, 2.24) is 24.9 Å². The SMILES string of the molecule is Cc1nn(CCCNC(=O)[C@@H](C)N2CCN(C)CC2)c(C)c1C. The van der Waals surface area contributed by atoms with Gasteiger partial charge < -0.3 is 10.2 Å². The smallest absolute Gasteiger partial charge is 0.237 e. The molecule has 1 aromatic rings. The van der Waals surface area contributed by atoms with Crippen molar-refractivity contribution in [2.45, 2.75) is 46.7 Å². The molecule has 1 fully saturated rings. The van der Waals surface area contributed by atoms with Gasteiger partial charge in [0.05, 0.1) is 11.7 Å². The molecular formula is C17H31N5O. The second-order valence-electron chi connectivity index (χ2n) is 6.68. The number of amides is 1. The number of aryl methyl sites for hydroxylation is 2. The van der Waals surface area contributed by atoms with E-state index in [1.54, 1.807) is 0 Å². The van der Waals surface area contributed by atoms with Crippen LogP contribution in [0.1, 0.15) is 30.3 Å². The number of carbonyl (C=O) groups is 1. The Morgan fingerprint density at radius 1 is 1.22 bits per heavy atom. The Kier molecular flexibility index (Phi) is 6.18. The number of hydrogen-bond donors (Lipinski definition) is 1. The molecule has 0 saturated carbocycles. The van der Waals surface area contributed by atoms with E-state index in [4.69, 9.17) is 0 Å². The fourth-order valence-electron chi connectivity index (χ4n) is 2.97. The number of aromatic nitrogens is 2. The van der Waals surface area contributed by atoms with Crippen LogP contribution in [0, 0.1) is 20.8 Å². The molecule has 0 aromatic carbocycles. The zero-order valence-electron chi connectivity index (χ0n) is 15.2. The van der Waals surface area contributed by atoms with Crippen LogP contribution in [0.5, 0.6) is 0 Å². The number of nitrogens with one attached hydrogen (secondary N) is 1. The number of nitrogens with zero attached hydrogens (tertiary/aromatic N) is 4. The Bertz CT molecular complexity index is 531. The first-order chi connectivity index (χ1) is 10.9. The van der Waals surface area contributed by atoms with Crippen LogP contribution in [-0.2, 0) is 11.3 Å².